The molecule has 3 unspecified atom stereocenters. The summed E-state index contributed by atoms with van der Waals surface area (Å²) in [7, 11) is 1.88. The van der Waals surface area contributed by atoms with E-state index in [2.05, 4.69) is 10.6 Å². The van der Waals surface area contributed by atoms with Crippen molar-refractivity contribution in [1.29, 1.82) is 0 Å². The van der Waals surface area contributed by atoms with Gasteiger partial charge in [-0.1, -0.05) is 23.2 Å². The van der Waals surface area contributed by atoms with Crippen molar-refractivity contribution in [3.63, 3.8) is 0 Å². The second-order valence-corrected chi connectivity index (χ2v) is 9.74. The number of likely N-dealkylation sites (N-methyl/N-ethyl adjacent to an activating group) is 1. The Bertz CT molecular complexity index is 1100. The summed E-state index contributed by atoms with van der Waals surface area (Å²) < 4.78 is 0. The summed E-state index contributed by atoms with van der Waals surface area (Å²) in [6.07, 6.45) is -4.06. The Hall–Kier alpha value is -2.03. The molecule has 0 aromatic heterocycles. The number of fused-ring (bicyclic) bond motifs is 1. The van der Waals surface area contributed by atoms with Gasteiger partial charge in [-0.15, -0.1) is 12.4 Å². The van der Waals surface area contributed by atoms with Crippen molar-refractivity contribution >= 4 is 47.4 Å². The van der Waals surface area contributed by atoms with E-state index in [-0.39, 0.29) is 29.5 Å². The second-order valence-electron chi connectivity index (χ2n) is 8.90. The van der Waals surface area contributed by atoms with Crippen molar-refractivity contribution in [2.45, 2.75) is 37.1 Å². The molecule has 2 amide bonds. The van der Waals surface area contributed by atoms with Gasteiger partial charge < -0.3 is 46.2 Å². The quantitative estimate of drug-likeness (QED) is 0.182. The first-order chi connectivity index (χ1) is 17.4. The van der Waals surface area contributed by atoms with Gasteiger partial charge in [-0.2, -0.15) is 0 Å². The van der Waals surface area contributed by atoms with E-state index in [1.54, 1.807) is 12.1 Å². The van der Waals surface area contributed by atoms with Gasteiger partial charge >= 0.3 is 0 Å². The van der Waals surface area contributed by atoms with Crippen LogP contribution in [0.1, 0.15) is 43.3 Å². The molecule has 8 N–H and O–H groups in total. The van der Waals surface area contributed by atoms with E-state index in [9.17, 15) is 40.2 Å². The number of hydrogen-bond donors (Lipinski definition) is 8. The molecule has 0 bridgehead atoms. The average molecular weight is 595 g/mol. The Labute approximate surface area is 235 Å². The van der Waals surface area contributed by atoms with E-state index in [1.165, 1.54) is 18.2 Å². The minimum atomic E-state index is -2.03. The fourth-order valence-corrected chi connectivity index (χ4v) is 4.75. The first-order valence-electron chi connectivity index (χ1n) is 11.3. The van der Waals surface area contributed by atoms with Crippen LogP contribution in [0.25, 0.3) is 0 Å². The number of nitrogens with zero attached hydrogens (tertiary/aromatic N) is 1. The molecule has 1 heterocycles. The number of halogens is 3. The Morgan fingerprint density at radius 3 is 1.87 bits per heavy atom. The molecule has 210 valence electrons. The lowest BCUT2D eigenvalue weighted by Crippen LogP contribution is -2.46. The summed E-state index contributed by atoms with van der Waals surface area (Å²) >= 11 is 12.7. The molecular formula is C24H30Cl3N3O8. The Morgan fingerprint density at radius 1 is 0.921 bits per heavy atom. The van der Waals surface area contributed by atoms with Crippen LogP contribution in [0, 0.1) is 0 Å². The lowest BCUT2D eigenvalue weighted by Gasteiger charge is -2.34. The van der Waals surface area contributed by atoms with E-state index in [0.717, 1.165) is 11.1 Å². The SMILES string of the molecule is CN1Cc2c(Cl)cc(Cl)cc2C(c2cc(C(=O)NC(CO)C(O)O)cc(C(=O)NC(CO)C(O)O)c2)C1.Cl. The molecule has 0 saturated carbocycles. The molecule has 0 saturated heterocycles. The zero-order valence-corrected chi connectivity index (χ0v) is 22.5. The molecule has 2 aromatic rings. The van der Waals surface area contributed by atoms with Crippen LogP contribution < -0.4 is 10.6 Å². The van der Waals surface area contributed by atoms with Crippen LogP contribution in [0.4, 0.5) is 0 Å². The third-order valence-corrected chi connectivity index (χ3v) is 6.68. The van der Waals surface area contributed by atoms with Crippen LogP contribution in [-0.4, -0.2) is 98.8 Å². The van der Waals surface area contributed by atoms with Crippen LogP contribution in [0.3, 0.4) is 0 Å². The highest BCUT2D eigenvalue weighted by Gasteiger charge is 2.29. The van der Waals surface area contributed by atoms with E-state index >= 15 is 0 Å². The summed E-state index contributed by atoms with van der Waals surface area (Å²) in [5.74, 6) is -1.96. The number of carbonyl (C=O) groups excluding carboxylic acids is 2. The molecule has 3 atom stereocenters. The smallest absolute Gasteiger partial charge is 0.251 e. The largest absolute Gasteiger partial charge is 0.394 e. The van der Waals surface area contributed by atoms with E-state index in [0.29, 0.717) is 28.7 Å². The molecule has 1 aliphatic heterocycles. The Morgan fingerprint density at radius 2 is 1.42 bits per heavy atom. The van der Waals surface area contributed by atoms with Crippen molar-refractivity contribution in [3.8, 4) is 0 Å². The number of benzene rings is 2. The van der Waals surface area contributed by atoms with E-state index in [4.69, 9.17) is 23.2 Å². The number of carbonyl (C=O) groups is 2. The van der Waals surface area contributed by atoms with Gasteiger partial charge in [0.05, 0.1) is 13.2 Å². The third-order valence-electron chi connectivity index (χ3n) is 6.12. The van der Waals surface area contributed by atoms with E-state index in [1.807, 2.05) is 11.9 Å². The molecule has 2 aromatic carbocycles. The number of aliphatic hydroxyl groups excluding tert-OH is 4. The number of nitrogens with one attached hydrogen (secondary N) is 2. The summed E-state index contributed by atoms with van der Waals surface area (Å²) in [5, 5.41) is 61.8. The maximum absolute atomic E-state index is 13.0. The zero-order valence-electron chi connectivity index (χ0n) is 20.2. The summed E-state index contributed by atoms with van der Waals surface area (Å²) in [5.41, 5.74) is 2.10. The van der Waals surface area contributed by atoms with Gasteiger partial charge in [-0.3, -0.25) is 9.59 Å². The van der Waals surface area contributed by atoms with Crippen LogP contribution in [0.2, 0.25) is 10.0 Å². The second kappa shape index (κ2) is 13.9. The molecule has 38 heavy (non-hydrogen) atoms. The van der Waals surface area contributed by atoms with E-state index < -0.39 is 49.7 Å². The van der Waals surface area contributed by atoms with Gasteiger partial charge in [-0.25, -0.2) is 0 Å². The standard InChI is InChI=1S/C24H29Cl2N3O8.ClH/c1-29-7-16(15-5-14(25)6-18(26)17(15)8-29)11-2-12(21(32)27-19(9-30)23(34)35)4-13(3-11)22(33)28-20(10-31)24(36)37;/h2-6,16,19-20,23-24,30-31,34-37H,7-10H2,1H3,(H,27,32)(H,28,33);1H. The normalized spacial score (nSPS) is 17.0. The fourth-order valence-electron chi connectivity index (χ4n) is 4.18. The van der Waals surface area contributed by atoms with Crippen LogP contribution in [0.15, 0.2) is 30.3 Å². The molecule has 3 rings (SSSR count). The van der Waals surface area contributed by atoms with Crippen LogP contribution in [-0.2, 0) is 6.54 Å². The predicted molar refractivity (Wildman–Crippen MR) is 141 cm³/mol. The molecular weight excluding hydrogens is 565 g/mol. The molecule has 1 aliphatic rings. The third kappa shape index (κ3) is 7.54. The molecule has 0 fully saturated rings. The van der Waals surface area contributed by atoms with Crippen molar-refractivity contribution in [2.24, 2.45) is 0 Å². The summed E-state index contributed by atoms with van der Waals surface area (Å²) in [6, 6.07) is 4.91. The lowest BCUT2D eigenvalue weighted by molar-refractivity contribution is -0.0759. The van der Waals surface area contributed by atoms with Crippen molar-refractivity contribution < 1.29 is 40.2 Å². The van der Waals surface area contributed by atoms with Gasteiger partial charge in [0, 0.05) is 40.2 Å². The zero-order chi connectivity index (χ0) is 27.4. The lowest BCUT2D eigenvalue weighted by atomic mass is 9.83. The van der Waals surface area contributed by atoms with Gasteiger partial charge in [-0.05, 0) is 54.1 Å². The first kappa shape index (κ1) is 32.2. The molecule has 0 spiro atoms. The highest BCUT2D eigenvalue weighted by Crippen LogP contribution is 2.39. The van der Waals surface area contributed by atoms with Gasteiger partial charge in [0.15, 0.2) is 12.6 Å². The number of hydrogen-bond acceptors (Lipinski definition) is 9. The molecule has 0 aliphatic carbocycles. The minimum Gasteiger partial charge on any atom is -0.394 e. The fraction of sp³-hybridized carbons (Fsp3) is 0.417. The number of amides is 2. The molecule has 11 nitrogen and oxygen atoms in total. The number of aliphatic hydroxyl groups is 6. The summed E-state index contributed by atoms with van der Waals surface area (Å²) in [6.45, 7) is -0.463. The maximum Gasteiger partial charge on any atom is 0.251 e. The monoisotopic (exact) mass is 593 g/mol. The van der Waals surface area contributed by atoms with Gasteiger partial charge in [0.2, 0.25) is 0 Å². The predicted octanol–water partition coefficient (Wildman–Crippen LogP) is -0.205. The Kier molecular flexibility index (Phi) is 11.7. The van der Waals surface area contributed by atoms with Crippen molar-refractivity contribution in [3.05, 3.63) is 68.2 Å². The van der Waals surface area contributed by atoms with Crippen molar-refractivity contribution in [1.82, 2.24) is 15.5 Å². The molecule has 0 radical (unpaired) electrons. The Balaban J connectivity index is 0.00000507. The summed E-state index contributed by atoms with van der Waals surface area (Å²) in [4.78, 5) is 28.0. The van der Waals surface area contributed by atoms with Gasteiger partial charge in [0.1, 0.15) is 12.1 Å². The first-order valence-corrected chi connectivity index (χ1v) is 12.1. The number of rotatable bonds is 9. The average Bonchev–Trinajstić information content (AvgIpc) is 2.84. The van der Waals surface area contributed by atoms with Crippen molar-refractivity contribution in [2.75, 3.05) is 26.8 Å². The van der Waals surface area contributed by atoms with Gasteiger partial charge in [0.25, 0.3) is 11.8 Å². The highest BCUT2D eigenvalue weighted by atomic mass is 35.5. The molecule has 14 heteroatoms. The maximum atomic E-state index is 13.0. The minimum absolute atomic E-state index is 0. The van der Waals surface area contributed by atoms with Crippen LogP contribution in [0.5, 0.6) is 0 Å². The highest BCUT2D eigenvalue weighted by molar-refractivity contribution is 6.35. The van der Waals surface area contributed by atoms with Crippen LogP contribution >= 0.6 is 35.6 Å². The topological polar surface area (TPSA) is 183 Å².